The van der Waals surface area contributed by atoms with Gasteiger partial charge in [0.1, 0.15) is 11.5 Å². The Kier molecular flexibility index (Phi) is 5.32. The van der Waals surface area contributed by atoms with Crippen molar-refractivity contribution in [1.29, 1.82) is 0 Å². The molecule has 2 heterocycles. The van der Waals surface area contributed by atoms with Gasteiger partial charge in [0.2, 0.25) is 0 Å². The molecule has 1 spiro atoms. The van der Waals surface area contributed by atoms with Crippen LogP contribution in [0, 0.1) is 18.2 Å². The zero-order chi connectivity index (χ0) is 21.5. The lowest BCUT2D eigenvalue weighted by molar-refractivity contribution is -0.125. The summed E-state index contributed by atoms with van der Waals surface area (Å²) in [4.78, 5) is 29.9. The molecule has 1 aromatic heterocycles. The van der Waals surface area contributed by atoms with E-state index in [2.05, 4.69) is 15.4 Å². The fraction of sp³-hybridized carbons (Fsp3) is 0.364. The van der Waals surface area contributed by atoms with Crippen molar-refractivity contribution in [2.45, 2.75) is 45.6 Å². The van der Waals surface area contributed by atoms with Crippen LogP contribution in [0.5, 0.6) is 0 Å². The van der Waals surface area contributed by atoms with Gasteiger partial charge in [0.15, 0.2) is 0 Å². The number of anilines is 1. The second-order valence-corrected chi connectivity index (χ2v) is 8.36. The van der Waals surface area contributed by atoms with E-state index in [1.165, 1.54) is 23.2 Å². The highest BCUT2D eigenvalue weighted by Gasteiger charge is 2.51. The highest BCUT2D eigenvalue weighted by atomic mass is 35.5. The number of carbonyl (C=O) groups is 2. The molecule has 4 rings (SSSR count). The van der Waals surface area contributed by atoms with E-state index in [9.17, 15) is 14.0 Å². The molecule has 156 valence electrons. The summed E-state index contributed by atoms with van der Waals surface area (Å²) in [6.45, 7) is 3.75. The predicted octanol–water partition coefficient (Wildman–Crippen LogP) is 4.26. The second kappa shape index (κ2) is 7.80. The second-order valence-electron chi connectivity index (χ2n) is 7.95. The smallest absolute Gasteiger partial charge is 0.270 e. The van der Waals surface area contributed by atoms with Gasteiger partial charge in [-0.15, -0.1) is 0 Å². The molecule has 1 fully saturated rings. The van der Waals surface area contributed by atoms with Crippen molar-refractivity contribution >= 4 is 34.8 Å². The summed E-state index contributed by atoms with van der Waals surface area (Å²) in [5.74, 6) is -0.831. The molecule has 2 amide bonds. The average molecular weight is 429 g/mol. The lowest BCUT2D eigenvalue weighted by Crippen LogP contribution is -2.47. The van der Waals surface area contributed by atoms with Crippen LogP contribution in [0.25, 0.3) is 0 Å². The molecule has 0 radical (unpaired) electrons. The Balaban J connectivity index is 1.44. The highest BCUT2D eigenvalue weighted by Crippen LogP contribution is 2.45. The van der Waals surface area contributed by atoms with E-state index in [1.54, 1.807) is 12.3 Å². The molecule has 1 aromatic carbocycles. The van der Waals surface area contributed by atoms with E-state index in [0.717, 1.165) is 11.3 Å². The number of rotatable bonds is 3. The molecule has 30 heavy (non-hydrogen) atoms. The number of pyridine rings is 1. The van der Waals surface area contributed by atoms with Gasteiger partial charge in [0, 0.05) is 12.2 Å². The van der Waals surface area contributed by atoms with Gasteiger partial charge in [-0.3, -0.25) is 14.6 Å². The zero-order valence-electron chi connectivity index (χ0n) is 16.8. The van der Waals surface area contributed by atoms with Gasteiger partial charge in [0.25, 0.3) is 11.8 Å². The molecule has 0 atom stereocenters. The van der Waals surface area contributed by atoms with E-state index in [4.69, 9.17) is 11.6 Å². The van der Waals surface area contributed by atoms with Crippen LogP contribution in [0.1, 0.15) is 48.7 Å². The fourth-order valence-corrected chi connectivity index (χ4v) is 4.40. The van der Waals surface area contributed by atoms with Crippen LogP contribution in [-0.2, 0) is 4.79 Å². The summed E-state index contributed by atoms with van der Waals surface area (Å²) < 4.78 is 13.4. The summed E-state index contributed by atoms with van der Waals surface area (Å²) in [5, 5.41) is 8.89. The lowest BCUT2D eigenvalue weighted by Gasteiger charge is -2.36. The maximum absolute atomic E-state index is 13.4. The number of amides is 2. The number of nitrogens with one attached hydrogen (secondary N) is 1. The molecular weight excluding hydrogens is 407 g/mol. The van der Waals surface area contributed by atoms with Gasteiger partial charge in [-0.05, 0) is 69.4 Å². The van der Waals surface area contributed by atoms with Gasteiger partial charge in [-0.25, -0.2) is 4.39 Å². The molecular formula is C22H22ClFN4O2. The maximum atomic E-state index is 13.4. The molecule has 2 aromatic rings. The van der Waals surface area contributed by atoms with Gasteiger partial charge in [-0.2, -0.15) is 10.1 Å². The zero-order valence-corrected chi connectivity index (χ0v) is 17.5. The Labute approximate surface area is 179 Å². The molecule has 1 aliphatic carbocycles. The van der Waals surface area contributed by atoms with Crippen LogP contribution in [0.2, 0.25) is 5.02 Å². The SMILES string of the molecule is Cc1ccc(C(=O)N[C@H]2CC[C@@]3(CC2)C(=O)N(c2ccc(F)cc2Cl)N=C3C)nc1. The largest absolute Gasteiger partial charge is 0.348 e. The Morgan fingerprint density at radius 2 is 1.97 bits per heavy atom. The van der Waals surface area contributed by atoms with Crippen molar-refractivity contribution in [2.24, 2.45) is 10.5 Å². The number of aromatic nitrogens is 1. The van der Waals surface area contributed by atoms with Crippen molar-refractivity contribution in [2.75, 3.05) is 5.01 Å². The van der Waals surface area contributed by atoms with Gasteiger partial charge >= 0.3 is 0 Å². The van der Waals surface area contributed by atoms with Gasteiger partial charge in [0.05, 0.1) is 21.8 Å². The lowest BCUT2D eigenvalue weighted by atomic mass is 9.69. The number of carbonyl (C=O) groups excluding carboxylic acids is 2. The topological polar surface area (TPSA) is 74.7 Å². The summed E-state index contributed by atoms with van der Waals surface area (Å²) in [6, 6.07) is 7.42. The van der Waals surface area contributed by atoms with E-state index in [1.807, 2.05) is 19.9 Å². The van der Waals surface area contributed by atoms with Crippen molar-refractivity contribution < 1.29 is 14.0 Å². The third-order valence-electron chi connectivity index (χ3n) is 6.00. The van der Waals surface area contributed by atoms with Crippen molar-refractivity contribution in [3.63, 3.8) is 0 Å². The number of hydrogen-bond donors (Lipinski definition) is 1. The first kappa shape index (κ1) is 20.5. The third kappa shape index (κ3) is 3.58. The van der Waals surface area contributed by atoms with Crippen molar-refractivity contribution in [1.82, 2.24) is 10.3 Å². The highest BCUT2D eigenvalue weighted by molar-refractivity contribution is 6.34. The molecule has 6 nitrogen and oxygen atoms in total. The molecule has 2 aliphatic rings. The molecule has 8 heteroatoms. The van der Waals surface area contributed by atoms with Crippen LogP contribution in [-0.4, -0.2) is 28.6 Å². The summed E-state index contributed by atoms with van der Waals surface area (Å²) in [5.41, 5.74) is 1.76. The van der Waals surface area contributed by atoms with E-state index >= 15 is 0 Å². The molecule has 1 N–H and O–H groups in total. The van der Waals surface area contributed by atoms with Crippen LogP contribution >= 0.6 is 11.6 Å². The molecule has 1 saturated carbocycles. The summed E-state index contributed by atoms with van der Waals surface area (Å²) in [6.07, 6.45) is 4.12. The quantitative estimate of drug-likeness (QED) is 0.793. The number of hydrogen-bond acceptors (Lipinski definition) is 4. The molecule has 0 bridgehead atoms. The van der Waals surface area contributed by atoms with Crippen LogP contribution in [0.4, 0.5) is 10.1 Å². The molecule has 0 saturated heterocycles. The number of benzene rings is 1. The van der Waals surface area contributed by atoms with Crippen LogP contribution in [0.3, 0.4) is 0 Å². The monoisotopic (exact) mass is 428 g/mol. The Bertz CT molecular complexity index is 1030. The van der Waals surface area contributed by atoms with Gasteiger partial charge < -0.3 is 5.32 Å². The number of aryl methyl sites for hydroxylation is 1. The number of halogens is 2. The van der Waals surface area contributed by atoms with Crippen molar-refractivity contribution in [3.05, 3.63) is 58.6 Å². The number of nitrogens with zero attached hydrogens (tertiary/aromatic N) is 3. The minimum atomic E-state index is -0.707. The Morgan fingerprint density at radius 1 is 1.23 bits per heavy atom. The standard InChI is InChI=1S/C22H22ClFN4O2/c1-13-3-5-18(25-12-13)20(29)26-16-7-9-22(10-8-16)14(2)27-28(21(22)30)19-6-4-15(24)11-17(19)23/h3-6,11-12,16H,7-10H2,1-2H3,(H,26,29)/t16-,22-. The van der Waals surface area contributed by atoms with Crippen LogP contribution in [0.15, 0.2) is 41.6 Å². The Morgan fingerprint density at radius 3 is 2.60 bits per heavy atom. The minimum Gasteiger partial charge on any atom is -0.348 e. The molecule has 1 aliphatic heterocycles. The van der Waals surface area contributed by atoms with Crippen LogP contribution < -0.4 is 10.3 Å². The van der Waals surface area contributed by atoms with E-state index in [-0.39, 0.29) is 22.9 Å². The normalized spacial score (nSPS) is 23.6. The summed E-state index contributed by atoms with van der Waals surface area (Å²) >= 11 is 6.14. The fourth-order valence-electron chi connectivity index (χ4n) is 4.16. The summed E-state index contributed by atoms with van der Waals surface area (Å²) in [7, 11) is 0. The minimum absolute atomic E-state index is 0.0321. The van der Waals surface area contributed by atoms with E-state index < -0.39 is 11.2 Å². The first-order valence-corrected chi connectivity index (χ1v) is 10.3. The van der Waals surface area contributed by atoms with E-state index in [0.29, 0.717) is 37.1 Å². The number of hydrazone groups is 1. The average Bonchev–Trinajstić information content (AvgIpc) is 2.95. The maximum Gasteiger partial charge on any atom is 0.270 e. The first-order valence-electron chi connectivity index (χ1n) is 9.89. The predicted molar refractivity (Wildman–Crippen MR) is 113 cm³/mol. The molecule has 0 unspecified atom stereocenters. The van der Waals surface area contributed by atoms with Crippen molar-refractivity contribution in [3.8, 4) is 0 Å². The first-order chi connectivity index (χ1) is 14.3. The third-order valence-corrected chi connectivity index (χ3v) is 6.30. The Hall–Kier alpha value is -2.80. The van der Waals surface area contributed by atoms with Gasteiger partial charge in [-0.1, -0.05) is 17.7 Å².